The number of aliphatic imine (C=N–C) groups is 1. The van der Waals surface area contributed by atoms with E-state index in [4.69, 9.17) is 0 Å². The van der Waals surface area contributed by atoms with Crippen LogP contribution in [0.2, 0.25) is 0 Å². The van der Waals surface area contributed by atoms with Crippen LogP contribution in [0.15, 0.2) is 47.2 Å². The van der Waals surface area contributed by atoms with Crippen LogP contribution in [0, 0.1) is 17.6 Å². The van der Waals surface area contributed by atoms with Crippen molar-refractivity contribution in [3.8, 4) is 0 Å². The fourth-order valence-electron chi connectivity index (χ4n) is 3.73. The number of rotatable bonds is 5. The molecule has 0 spiro atoms. The summed E-state index contributed by atoms with van der Waals surface area (Å²) in [4.78, 5) is 15.7. The van der Waals surface area contributed by atoms with Gasteiger partial charge in [-0.05, 0) is 54.2 Å². The smallest absolute Gasteiger partial charge is 0.225 e. The Bertz CT molecular complexity index is 1130. The Balaban J connectivity index is 1.30. The Morgan fingerprint density at radius 2 is 2.10 bits per heavy atom. The van der Waals surface area contributed by atoms with E-state index in [1.165, 1.54) is 37.0 Å². The van der Waals surface area contributed by atoms with Gasteiger partial charge >= 0.3 is 0 Å². The SMILES string of the molecule is Fc1cc(CNc2ncc(F)c(NC3=NCC(C4CCC4)=C3)n2)c2cc[nH]c2c1. The quantitative estimate of drug-likeness (QED) is 0.599. The van der Waals surface area contributed by atoms with Crippen molar-refractivity contribution >= 4 is 28.5 Å². The number of aromatic nitrogens is 3. The summed E-state index contributed by atoms with van der Waals surface area (Å²) >= 11 is 0. The number of halogens is 2. The highest BCUT2D eigenvalue weighted by atomic mass is 19.1. The molecule has 1 aliphatic carbocycles. The molecule has 1 aromatic carbocycles. The summed E-state index contributed by atoms with van der Waals surface area (Å²) in [6, 6.07) is 4.80. The van der Waals surface area contributed by atoms with Crippen molar-refractivity contribution in [3.05, 3.63) is 59.4 Å². The number of nitrogens with one attached hydrogen (secondary N) is 3. The predicted octanol–water partition coefficient (Wildman–Crippen LogP) is 4.40. The van der Waals surface area contributed by atoms with Gasteiger partial charge in [0.15, 0.2) is 11.6 Å². The van der Waals surface area contributed by atoms with E-state index in [1.807, 2.05) is 12.1 Å². The van der Waals surface area contributed by atoms with Crippen molar-refractivity contribution in [1.29, 1.82) is 0 Å². The maximum Gasteiger partial charge on any atom is 0.225 e. The van der Waals surface area contributed by atoms with E-state index in [0.717, 1.165) is 22.7 Å². The maximum absolute atomic E-state index is 14.2. The van der Waals surface area contributed by atoms with Crippen LogP contribution in [0.25, 0.3) is 10.9 Å². The molecule has 0 saturated heterocycles. The number of H-pyrrole nitrogens is 1. The number of aromatic amines is 1. The molecule has 0 unspecified atom stereocenters. The summed E-state index contributed by atoms with van der Waals surface area (Å²) in [6.07, 6.45) is 8.55. The molecule has 1 aliphatic heterocycles. The first-order chi connectivity index (χ1) is 14.2. The Kier molecular flexibility index (Phi) is 4.46. The minimum absolute atomic E-state index is 0.0680. The summed E-state index contributed by atoms with van der Waals surface area (Å²) in [7, 11) is 0. The van der Waals surface area contributed by atoms with Gasteiger partial charge < -0.3 is 15.6 Å². The predicted molar refractivity (Wildman–Crippen MR) is 109 cm³/mol. The average molecular weight is 394 g/mol. The van der Waals surface area contributed by atoms with Crippen LogP contribution in [0.4, 0.5) is 20.5 Å². The molecule has 3 N–H and O–H groups in total. The van der Waals surface area contributed by atoms with Gasteiger partial charge in [-0.15, -0.1) is 0 Å². The molecule has 2 aromatic heterocycles. The molecular formula is C21H20F2N6. The number of nitrogens with zero attached hydrogens (tertiary/aromatic N) is 3. The van der Waals surface area contributed by atoms with Crippen molar-refractivity contribution in [1.82, 2.24) is 15.0 Å². The summed E-state index contributed by atoms with van der Waals surface area (Å²) in [6.45, 7) is 0.973. The summed E-state index contributed by atoms with van der Waals surface area (Å²) in [5.74, 6) is 0.675. The molecule has 29 heavy (non-hydrogen) atoms. The first kappa shape index (κ1) is 17.8. The standard InChI is InChI=1S/C21H20F2N6/c22-15-6-14(16-4-5-24-18(16)8-15)10-26-21-27-11-17(23)20(29-21)28-19-7-13(9-25-19)12-2-1-3-12/h4-8,11-12,24H,1-3,9-10H2,(H2,25,26,27,28,29). The van der Waals surface area contributed by atoms with Gasteiger partial charge in [-0.2, -0.15) is 4.98 Å². The molecule has 1 fully saturated rings. The van der Waals surface area contributed by atoms with Gasteiger partial charge in [0, 0.05) is 23.6 Å². The topological polar surface area (TPSA) is 78.0 Å². The van der Waals surface area contributed by atoms with E-state index >= 15 is 0 Å². The molecule has 5 rings (SSSR count). The second kappa shape index (κ2) is 7.27. The molecule has 3 heterocycles. The third-order valence-corrected chi connectivity index (χ3v) is 5.53. The van der Waals surface area contributed by atoms with Crippen LogP contribution >= 0.6 is 0 Å². The van der Waals surface area contributed by atoms with E-state index in [9.17, 15) is 8.78 Å². The molecule has 8 heteroatoms. The zero-order chi connectivity index (χ0) is 19.8. The molecule has 0 bridgehead atoms. The van der Waals surface area contributed by atoms with E-state index in [1.54, 1.807) is 6.20 Å². The maximum atomic E-state index is 14.2. The minimum atomic E-state index is -0.553. The van der Waals surface area contributed by atoms with Crippen LogP contribution in [0.1, 0.15) is 24.8 Å². The summed E-state index contributed by atoms with van der Waals surface area (Å²) < 4.78 is 28.0. The Hall–Kier alpha value is -3.29. The lowest BCUT2D eigenvalue weighted by Crippen LogP contribution is -2.15. The van der Waals surface area contributed by atoms with Gasteiger partial charge in [0.05, 0.1) is 12.7 Å². The van der Waals surface area contributed by atoms with Gasteiger partial charge in [0.1, 0.15) is 11.7 Å². The van der Waals surface area contributed by atoms with Crippen molar-refractivity contribution in [2.24, 2.45) is 10.9 Å². The van der Waals surface area contributed by atoms with E-state index in [-0.39, 0.29) is 17.6 Å². The Labute approximate surface area is 166 Å². The number of hydrogen-bond acceptors (Lipinski definition) is 5. The van der Waals surface area contributed by atoms with Crippen LogP contribution in [0.5, 0.6) is 0 Å². The molecule has 0 amide bonds. The van der Waals surface area contributed by atoms with Crippen LogP contribution < -0.4 is 10.6 Å². The molecule has 148 valence electrons. The lowest BCUT2D eigenvalue weighted by atomic mass is 9.80. The number of fused-ring (bicyclic) bond motifs is 1. The van der Waals surface area contributed by atoms with Crippen molar-refractivity contribution in [2.45, 2.75) is 25.8 Å². The highest BCUT2D eigenvalue weighted by Crippen LogP contribution is 2.34. The molecule has 0 atom stereocenters. The van der Waals surface area contributed by atoms with Gasteiger partial charge in [-0.25, -0.2) is 13.8 Å². The van der Waals surface area contributed by atoms with E-state index < -0.39 is 5.82 Å². The van der Waals surface area contributed by atoms with Gasteiger partial charge in [-0.3, -0.25) is 4.99 Å². The monoisotopic (exact) mass is 394 g/mol. The Morgan fingerprint density at radius 1 is 1.21 bits per heavy atom. The first-order valence-corrected chi connectivity index (χ1v) is 9.69. The van der Waals surface area contributed by atoms with Gasteiger partial charge in [0.25, 0.3) is 0 Å². The highest BCUT2D eigenvalue weighted by molar-refractivity contribution is 6.05. The molecular weight excluding hydrogens is 374 g/mol. The lowest BCUT2D eigenvalue weighted by Gasteiger charge is -2.26. The van der Waals surface area contributed by atoms with Crippen molar-refractivity contribution in [3.63, 3.8) is 0 Å². The average Bonchev–Trinajstić information content (AvgIpc) is 3.30. The van der Waals surface area contributed by atoms with Crippen LogP contribution in [-0.4, -0.2) is 27.3 Å². The van der Waals surface area contributed by atoms with Gasteiger partial charge in [0.2, 0.25) is 5.95 Å². The molecule has 0 radical (unpaired) electrons. The summed E-state index contributed by atoms with van der Waals surface area (Å²) in [5.41, 5.74) is 2.78. The fourth-order valence-corrected chi connectivity index (χ4v) is 3.73. The second-order valence-corrected chi connectivity index (χ2v) is 7.42. The second-order valence-electron chi connectivity index (χ2n) is 7.42. The van der Waals surface area contributed by atoms with Crippen molar-refractivity contribution in [2.75, 3.05) is 17.2 Å². The lowest BCUT2D eigenvalue weighted by molar-refractivity contribution is 0.366. The number of anilines is 2. The zero-order valence-corrected chi connectivity index (χ0v) is 15.7. The normalized spacial score (nSPS) is 16.5. The molecule has 1 saturated carbocycles. The zero-order valence-electron chi connectivity index (χ0n) is 15.7. The van der Waals surface area contributed by atoms with E-state index in [0.29, 0.717) is 24.8 Å². The minimum Gasteiger partial charge on any atom is -0.361 e. The third kappa shape index (κ3) is 3.57. The number of hydrogen-bond donors (Lipinski definition) is 3. The largest absolute Gasteiger partial charge is 0.361 e. The Morgan fingerprint density at radius 3 is 2.93 bits per heavy atom. The number of amidine groups is 1. The van der Waals surface area contributed by atoms with Crippen LogP contribution in [-0.2, 0) is 6.54 Å². The van der Waals surface area contributed by atoms with Crippen LogP contribution in [0.3, 0.4) is 0 Å². The summed E-state index contributed by atoms with van der Waals surface area (Å²) in [5, 5.41) is 6.91. The molecule has 2 aliphatic rings. The molecule has 6 nitrogen and oxygen atoms in total. The van der Waals surface area contributed by atoms with Gasteiger partial charge in [-0.1, -0.05) is 6.42 Å². The third-order valence-electron chi connectivity index (χ3n) is 5.53. The van der Waals surface area contributed by atoms with E-state index in [2.05, 4.69) is 30.6 Å². The molecule has 3 aromatic rings. The fraction of sp³-hybridized carbons (Fsp3) is 0.286. The first-order valence-electron chi connectivity index (χ1n) is 9.69. The van der Waals surface area contributed by atoms with Crippen molar-refractivity contribution < 1.29 is 8.78 Å². The number of benzene rings is 1. The highest BCUT2D eigenvalue weighted by Gasteiger charge is 2.24.